The summed E-state index contributed by atoms with van der Waals surface area (Å²) in [5, 5.41) is 7.84. The molecule has 0 bridgehead atoms. The van der Waals surface area contributed by atoms with E-state index < -0.39 is 0 Å². The van der Waals surface area contributed by atoms with E-state index in [0.29, 0.717) is 0 Å². The van der Waals surface area contributed by atoms with Crippen LogP contribution in [0.3, 0.4) is 0 Å². The van der Waals surface area contributed by atoms with Gasteiger partial charge in [0.05, 0.1) is 0 Å². The van der Waals surface area contributed by atoms with Gasteiger partial charge in [-0.25, -0.2) is 0 Å². The Kier molecular flexibility index (Phi) is 5.57. The number of rotatable bonds is 8. The molecule has 21 heavy (non-hydrogen) atoms. The first-order chi connectivity index (χ1) is 10.2. The third-order valence-corrected chi connectivity index (χ3v) is 4.56. The first-order valence-corrected chi connectivity index (χ1v) is 7.95. The maximum atomic E-state index is 4.28. The Labute approximate surface area is 128 Å². The number of hydrogen-bond donors (Lipinski definition) is 1. The summed E-state index contributed by atoms with van der Waals surface area (Å²) in [6.07, 6.45) is 5.22. The topological polar surface area (TPSA) is 29.9 Å². The lowest BCUT2D eigenvalue weighted by molar-refractivity contribution is 0.355. The molecule has 1 atom stereocenters. The van der Waals surface area contributed by atoms with Gasteiger partial charge < -0.3 is 5.32 Å². The molecule has 0 radical (unpaired) electrons. The minimum Gasteiger partial charge on any atom is -0.316 e. The molecule has 1 heterocycles. The summed E-state index contributed by atoms with van der Waals surface area (Å²) in [7, 11) is 2.02. The average molecular weight is 285 g/mol. The Hall–Kier alpha value is -1.61. The number of hydrogen-bond acceptors (Lipinski definition) is 2. The van der Waals surface area contributed by atoms with Crippen LogP contribution in [-0.2, 0) is 18.9 Å². The van der Waals surface area contributed by atoms with E-state index in [4.69, 9.17) is 0 Å². The zero-order valence-corrected chi connectivity index (χ0v) is 13.5. The molecule has 1 aromatic carbocycles. The molecule has 1 aromatic heterocycles. The Morgan fingerprint density at radius 1 is 1.14 bits per heavy atom. The SMILES string of the molecule is CCNCC(CC)(CCc1ccnn1C)c1ccccc1. The van der Waals surface area contributed by atoms with Crippen molar-refractivity contribution in [2.24, 2.45) is 7.05 Å². The van der Waals surface area contributed by atoms with E-state index in [1.165, 1.54) is 11.3 Å². The van der Waals surface area contributed by atoms with Crippen LogP contribution in [0.15, 0.2) is 42.6 Å². The van der Waals surface area contributed by atoms with Gasteiger partial charge in [0, 0.05) is 30.9 Å². The lowest BCUT2D eigenvalue weighted by Crippen LogP contribution is -2.38. The van der Waals surface area contributed by atoms with Gasteiger partial charge in [0.15, 0.2) is 0 Å². The van der Waals surface area contributed by atoms with E-state index in [2.05, 4.69) is 60.7 Å². The Balaban J connectivity index is 2.20. The second-order valence-electron chi connectivity index (χ2n) is 5.73. The van der Waals surface area contributed by atoms with E-state index in [9.17, 15) is 0 Å². The zero-order chi connectivity index (χ0) is 15.1. The van der Waals surface area contributed by atoms with Gasteiger partial charge >= 0.3 is 0 Å². The van der Waals surface area contributed by atoms with Gasteiger partial charge in [-0.1, -0.05) is 44.2 Å². The van der Waals surface area contributed by atoms with Crippen LogP contribution in [0.25, 0.3) is 0 Å². The number of aryl methyl sites for hydroxylation is 2. The van der Waals surface area contributed by atoms with Crippen molar-refractivity contribution in [2.75, 3.05) is 13.1 Å². The lowest BCUT2D eigenvalue weighted by atomic mass is 9.74. The van der Waals surface area contributed by atoms with Gasteiger partial charge in [0.25, 0.3) is 0 Å². The highest BCUT2D eigenvalue weighted by molar-refractivity contribution is 5.26. The number of aromatic nitrogens is 2. The molecule has 0 aliphatic heterocycles. The summed E-state index contributed by atoms with van der Waals surface area (Å²) in [5.41, 5.74) is 2.94. The highest BCUT2D eigenvalue weighted by atomic mass is 15.2. The van der Waals surface area contributed by atoms with Crippen molar-refractivity contribution in [3.05, 3.63) is 53.9 Å². The van der Waals surface area contributed by atoms with Crippen LogP contribution in [0.1, 0.15) is 37.9 Å². The van der Waals surface area contributed by atoms with E-state index in [-0.39, 0.29) is 5.41 Å². The molecule has 0 aliphatic carbocycles. The Bertz CT molecular complexity index is 532. The zero-order valence-electron chi connectivity index (χ0n) is 13.5. The van der Waals surface area contributed by atoms with Crippen molar-refractivity contribution in [3.8, 4) is 0 Å². The molecule has 114 valence electrons. The lowest BCUT2D eigenvalue weighted by Gasteiger charge is -2.34. The van der Waals surface area contributed by atoms with Gasteiger partial charge in [0.1, 0.15) is 0 Å². The molecular formula is C18H27N3. The number of nitrogens with zero attached hydrogens (tertiary/aromatic N) is 2. The van der Waals surface area contributed by atoms with Crippen LogP contribution in [0, 0.1) is 0 Å². The van der Waals surface area contributed by atoms with E-state index >= 15 is 0 Å². The maximum absolute atomic E-state index is 4.28. The third kappa shape index (κ3) is 3.73. The summed E-state index contributed by atoms with van der Waals surface area (Å²) in [6.45, 7) is 6.52. The predicted octanol–water partition coefficient (Wildman–Crippen LogP) is 3.31. The van der Waals surface area contributed by atoms with Gasteiger partial charge in [-0.3, -0.25) is 4.68 Å². The summed E-state index contributed by atoms with van der Waals surface area (Å²) in [5.74, 6) is 0. The van der Waals surface area contributed by atoms with Crippen molar-refractivity contribution in [1.82, 2.24) is 15.1 Å². The fraction of sp³-hybridized carbons (Fsp3) is 0.500. The molecule has 2 aromatic rings. The average Bonchev–Trinajstić information content (AvgIpc) is 2.94. The smallest absolute Gasteiger partial charge is 0.0492 e. The van der Waals surface area contributed by atoms with Gasteiger partial charge in [-0.2, -0.15) is 5.10 Å². The van der Waals surface area contributed by atoms with Crippen LogP contribution in [0.5, 0.6) is 0 Å². The predicted molar refractivity (Wildman–Crippen MR) is 88.5 cm³/mol. The molecule has 0 aliphatic rings. The van der Waals surface area contributed by atoms with Gasteiger partial charge in [0.2, 0.25) is 0 Å². The fourth-order valence-corrected chi connectivity index (χ4v) is 3.01. The summed E-state index contributed by atoms with van der Waals surface area (Å²) in [4.78, 5) is 0. The molecule has 0 fully saturated rings. The largest absolute Gasteiger partial charge is 0.316 e. The molecule has 2 rings (SSSR count). The first kappa shape index (κ1) is 15.8. The van der Waals surface area contributed by atoms with E-state index in [1.807, 2.05) is 17.9 Å². The highest BCUT2D eigenvalue weighted by Gasteiger charge is 2.29. The van der Waals surface area contributed by atoms with Gasteiger partial charge in [-0.05, 0) is 37.4 Å². The standard InChI is InChI=1S/C18H27N3/c1-4-18(15-19-5-2,16-9-7-6-8-10-16)13-11-17-12-14-20-21(17)3/h6-10,12,14,19H,4-5,11,13,15H2,1-3H3. The minimum atomic E-state index is 0.196. The molecule has 3 nitrogen and oxygen atoms in total. The molecule has 0 spiro atoms. The minimum absolute atomic E-state index is 0.196. The number of likely N-dealkylation sites (N-methyl/N-ethyl adjacent to an activating group) is 1. The van der Waals surface area contributed by atoms with Crippen LogP contribution in [0.2, 0.25) is 0 Å². The molecule has 0 saturated heterocycles. The van der Waals surface area contributed by atoms with Crippen LogP contribution < -0.4 is 5.32 Å². The number of benzene rings is 1. The van der Waals surface area contributed by atoms with Crippen molar-refractivity contribution in [1.29, 1.82) is 0 Å². The molecule has 0 saturated carbocycles. The summed E-state index contributed by atoms with van der Waals surface area (Å²) >= 11 is 0. The van der Waals surface area contributed by atoms with E-state index in [1.54, 1.807) is 0 Å². The molecule has 0 amide bonds. The summed E-state index contributed by atoms with van der Waals surface area (Å²) < 4.78 is 1.98. The molecule has 1 N–H and O–H groups in total. The van der Waals surface area contributed by atoms with Crippen molar-refractivity contribution < 1.29 is 0 Å². The maximum Gasteiger partial charge on any atom is 0.0492 e. The van der Waals surface area contributed by atoms with Crippen LogP contribution >= 0.6 is 0 Å². The van der Waals surface area contributed by atoms with Crippen LogP contribution in [0.4, 0.5) is 0 Å². The molecule has 1 unspecified atom stereocenters. The Morgan fingerprint density at radius 3 is 2.48 bits per heavy atom. The molecule has 3 heteroatoms. The second kappa shape index (κ2) is 7.41. The van der Waals surface area contributed by atoms with Crippen LogP contribution in [-0.4, -0.2) is 22.9 Å². The normalized spacial score (nSPS) is 14.0. The number of nitrogens with one attached hydrogen (secondary N) is 1. The third-order valence-electron chi connectivity index (χ3n) is 4.56. The monoisotopic (exact) mass is 285 g/mol. The fourth-order valence-electron chi connectivity index (χ4n) is 3.01. The van der Waals surface area contributed by atoms with Crippen molar-refractivity contribution in [2.45, 2.75) is 38.5 Å². The highest BCUT2D eigenvalue weighted by Crippen LogP contribution is 2.32. The second-order valence-corrected chi connectivity index (χ2v) is 5.73. The Morgan fingerprint density at radius 2 is 1.90 bits per heavy atom. The quantitative estimate of drug-likeness (QED) is 0.806. The first-order valence-electron chi connectivity index (χ1n) is 7.95. The summed E-state index contributed by atoms with van der Waals surface area (Å²) in [6, 6.07) is 13.1. The van der Waals surface area contributed by atoms with Crippen molar-refractivity contribution in [3.63, 3.8) is 0 Å². The van der Waals surface area contributed by atoms with Gasteiger partial charge in [-0.15, -0.1) is 0 Å². The molecular weight excluding hydrogens is 258 g/mol. The van der Waals surface area contributed by atoms with E-state index in [0.717, 1.165) is 32.4 Å². The van der Waals surface area contributed by atoms with Crippen molar-refractivity contribution >= 4 is 0 Å².